The second-order valence-corrected chi connectivity index (χ2v) is 5.49. The first-order chi connectivity index (χ1) is 11.7. The average Bonchev–Trinajstić information content (AvgIpc) is 3.05. The van der Waals surface area contributed by atoms with Crippen LogP contribution in [0, 0.1) is 0 Å². The molecule has 126 valence electrons. The number of nitrogens with one attached hydrogen (secondary N) is 1. The molecule has 4 rings (SSSR count). The number of aromatic nitrogens is 3. The first-order valence-electron chi connectivity index (χ1n) is 7.59. The number of imidazole rings is 1. The summed E-state index contributed by atoms with van der Waals surface area (Å²) in [5, 5.41) is 0. The monoisotopic (exact) mass is 352 g/mol. The summed E-state index contributed by atoms with van der Waals surface area (Å²) in [5.41, 5.74) is 10.7. The fourth-order valence-corrected chi connectivity index (χ4v) is 2.70. The fraction of sp³-hybridized carbons (Fsp3) is 0.0526. The maximum Gasteiger partial charge on any atom is 0.142 e. The average molecular weight is 353 g/mol. The number of H-pyrrole nitrogens is 1. The van der Waals surface area contributed by atoms with Crippen molar-refractivity contribution in [2.45, 2.75) is 0 Å². The number of rotatable bonds is 3. The van der Waals surface area contributed by atoms with Crippen molar-refractivity contribution in [3.05, 3.63) is 60.8 Å². The van der Waals surface area contributed by atoms with Gasteiger partial charge in [-0.15, -0.1) is 12.4 Å². The molecule has 2 aromatic heterocycles. The van der Waals surface area contributed by atoms with Gasteiger partial charge in [-0.25, -0.2) is 9.97 Å². The van der Waals surface area contributed by atoms with Gasteiger partial charge in [0, 0.05) is 17.8 Å². The zero-order valence-corrected chi connectivity index (χ0v) is 14.4. The minimum absolute atomic E-state index is 0. The summed E-state index contributed by atoms with van der Waals surface area (Å²) in [4.78, 5) is 12.2. The molecule has 0 bridgehead atoms. The van der Waals surface area contributed by atoms with E-state index in [0.717, 1.165) is 33.5 Å². The summed E-state index contributed by atoms with van der Waals surface area (Å²) < 4.78 is 5.25. The van der Waals surface area contributed by atoms with E-state index in [1.165, 1.54) is 0 Å². The van der Waals surface area contributed by atoms with Gasteiger partial charge in [-0.2, -0.15) is 0 Å². The van der Waals surface area contributed by atoms with Gasteiger partial charge in [-0.3, -0.25) is 0 Å². The lowest BCUT2D eigenvalue weighted by atomic mass is 10.1. The first kappa shape index (κ1) is 16.8. The van der Waals surface area contributed by atoms with E-state index in [1.807, 2.05) is 54.6 Å². The number of nitrogens with two attached hydrogens (primary N) is 1. The number of aromatic amines is 1. The third-order valence-corrected chi connectivity index (χ3v) is 3.97. The molecule has 0 aliphatic heterocycles. The lowest BCUT2D eigenvalue weighted by Gasteiger charge is -2.06. The van der Waals surface area contributed by atoms with Gasteiger partial charge in [0.15, 0.2) is 0 Å². The van der Waals surface area contributed by atoms with Gasteiger partial charge in [0.05, 0.1) is 23.7 Å². The van der Waals surface area contributed by atoms with Crippen LogP contribution in [0.1, 0.15) is 0 Å². The van der Waals surface area contributed by atoms with Crippen molar-refractivity contribution in [3.8, 4) is 28.3 Å². The smallest absolute Gasteiger partial charge is 0.142 e. The highest BCUT2D eigenvalue weighted by molar-refractivity contribution is 5.85. The maximum atomic E-state index is 6.08. The van der Waals surface area contributed by atoms with Crippen molar-refractivity contribution in [1.82, 2.24) is 15.0 Å². The molecule has 0 fully saturated rings. The highest BCUT2D eigenvalue weighted by atomic mass is 35.5. The number of methoxy groups -OCH3 is 1. The molecule has 0 amide bonds. The summed E-state index contributed by atoms with van der Waals surface area (Å²) in [6, 6.07) is 17.8. The third kappa shape index (κ3) is 3.14. The molecule has 0 saturated carbocycles. The number of benzene rings is 2. The quantitative estimate of drug-likeness (QED) is 0.576. The molecule has 0 aliphatic carbocycles. The largest absolute Gasteiger partial charge is 0.497 e. The molecule has 0 spiro atoms. The van der Waals surface area contributed by atoms with Gasteiger partial charge in [0.25, 0.3) is 0 Å². The Bertz CT molecular complexity index is 1010. The standard InChI is InChI=1S/C19H16N4O.ClH/c1-24-14-7-8-16-17(10-14)23-19(22-16)15-9-13(11-21-18(15)20)12-5-3-2-4-6-12;/h2-11H,1H3,(H2,20,21)(H,22,23);1H. The van der Waals surface area contributed by atoms with Crippen LogP contribution in [0.25, 0.3) is 33.5 Å². The van der Waals surface area contributed by atoms with E-state index in [1.54, 1.807) is 13.3 Å². The van der Waals surface area contributed by atoms with Crippen LogP contribution in [0.2, 0.25) is 0 Å². The van der Waals surface area contributed by atoms with E-state index in [2.05, 4.69) is 15.0 Å². The SMILES string of the molecule is COc1ccc2nc(-c3cc(-c4ccccc4)cnc3N)[nH]c2c1.Cl. The Morgan fingerprint density at radius 3 is 2.56 bits per heavy atom. The Kier molecular flexibility index (Phi) is 4.59. The van der Waals surface area contributed by atoms with Gasteiger partial charge in [-0.1, -0.05) is 30.3 Å². The van der Waals surface area contributed by atoms with Crippen LogP contribution in [0.4, 0.5) is 5.82 Å². The zero-order valence-electron chi connectivity index (χ0n) is 13.6. The Morgan fingerprint density at radius 1 is 1.00 bits per heavy atom. The van der Waals surface area contributed by atoms with Crippen LogP contribution in [0.5, 0.6) is 5.75 Å². The summed E-state index contributed by atoms with van der Waals surface area (Å²) in [5.74, 6) is 1.92. The number of ether oxygens (including phenoxy) is 1. The predicted molar refractivity (Wildman–Crippen MR) is 103 cm³/mol. The Balaban J connectivity index is 0.00000182. The van der Waals surface area contributed by atoms with Crippen LogP contribution in [-0.4, -0.2) is 22.1 Å². The number of pyridine rings is 1. The summed E-state index contributed by atoms with van der Waals surface area (Å²) in [6.07, 6.45) is 1.78. The number of nitrogen functional groups attached to an aromatic ring is 1. The van der Waals surface area contributed by atoms with Crippen LogP contribution in [0.3, 0.4) is 0 Å². The Labute approximate surface area is 151 Å². The number of fused-ring (bicyclic) bond motifs is 1. The highest BCUT2D eigenvalue weighted by Gasteiger charge is 2.12. The highest BCUT2D eigenvalue weighted by Crippen LogP contribution is 2.30. The van der Waals surface area contributed by atoms with Crippen LogP contribution < -0.4 is 10.5 Å². The van der Waals surface area contributed by atoms with Gasteiger partial charge in [0.1, 0.15) is 17.4 Å². The number of halogens is 1. The van der Waals surface area contributed by atoms with Gasteiger partial charge < -0.3 is 15.5 Å². The molecule has 0 radical (unpaired) electrons. The van der Waals surface area contributed by atoms with E-state index in [0.29, 0.717) is 11.6 Å². The zero-order chi connectivity index (χ0) is 16.5. The molecular weight excluding hydrogens is 336 g/mol. The second kappa shape index (κ2) is 6.83. The third-order valence-electron chi connectivity index (χ3n) is 3.97. The van der Waals surface area contributed by atoms with E-state index in [9.17, 15) is 0 Å². The number of anilines is 1. The normalized spacial score (nSPS) is 10.4. The van der Waals surface area contributed by atoms with Crippen molar-refractivity contribution in [3.63, 3.8) is 0 Å². The molecule has 2 heterocycles. The minimum Gasteiger partial charge on any atom is -0.497 e. The van der Waals surface area contributed by atoms with Crippen LogP contribution in [0.15, 0.2) is 60.8 Å². The Morgan fingerprint density at radius 2 is 1.80 bits per heavy atom. The molecule has 0 aliphatic rings. The first-order valence-corrected chi connectivity index (χ1v) is 7.59. The Hall–Kier alpha value is -3.05. The topological polar surface area (TPSA) is 76.8 Å². The summed E-state index contributed by atoms with van der Waals surface area (Å²) >= 11 is 0. The van der Waals surface area contributed by atoms with Gasteiger partial charge in [-0.05, 0) is 23.8 Å². The fourth-order valence-electron chi connectivity index (χ4n) is 2.70. The van der Waals surface area contributed by atoms with E-state index in [-0.39, 0.29) is 12.4 Å². The molecule has 6 heteroatoms. The van der Waals surface area contributed by atoms with Crippen LogP contribution >= 0.6 is 12.4 Å². The number of nitrogens with zero attached hydrogens (tertiary/aromatic N) is 2. The van der Waals surface area contributed by atoms with Crippen molar-refractivity contribution in [2.75, 3.05) is 12.8 Å². The molecule has 25 heavy (non-hydrogen) atoms. The van der Waals surface area contributed by atoms with E-state index < -0.39 is 0 Å². The molecule has 4 aromatic rings. The van der Waals surface area contributed by atoms with Crippen molar-refractivity contribution < 1.29 is 4.74 Å². The summed E-state index contributed by atoms with van der Waals surface area (Å²) in [7, 11) is 1.64. The minimum atomic E-state index is 0. The molecule has 5 nitrogen and oxygen atoms in total. The lowest BCUT2D eigenvalue weighted by Crippen LogP contribution is -1.96. The second-order valence-electron chi connectivity index (χ2n) is 5.49. The van der Waals surface area contributed by atoms with Gasteiger partial charge >= 0.3 is 0 Å². The van der Waals surface area contributed by atoms with E-state index in [4.69, 9.17) is 10.5 Å². The predicted octanol–water partition coefficient (Wildman–Crippen LogP) is 4.30. The molecule has 3 N–H and O–H groups in total. The molecule has 0 unspecified atom stereocenters. The van der Waals surface area contributed by atoms with Crippen molar-refractivity contribution in [1.29, 1.82) is 0 Å². The van der Waals surface area contributed by atoms with E-state index >= 15 is 0 Å². The maximum absolute atomic E-state index is 6.08. The number of hydrogen-bond donors (Lipinski definition) is 2. The molecule has 0 saturated heterocycles. The molecule has 2 aromatic carbocycles. The van der Waals surface area contributed by atoms with Crippen molar-refractivity contribution in [2.24, 2.45) is 0 Å². The van der Waals surface area contributed by atoms with Crippen LogP contribution in [-0.2, 0) is 0 Å². The molecular formula is C19H17ClN4O. The number of hydrogen-bond acceptors (Lipinski definition) is 4. The lowest BCUT2D eigenvalue weighted by molar-refractivity contribution is 0.415. The molecule has 0 atom stereocenters. The van der Waals surface area contributed by atoms with Crippen molar-refractivity contribution >= 4 is 29.3 Å². The van der Waals surface area contributed by atoms with Gasteiger partial charge in [0.2, 0.25) is 0 Å². The summed E-state index contributed by atoms with van der Waals surface area (Å²) in [6.45, 7) is 0.